The van der Waals surface area contributed by atoms with E-state index in [9.17, 15) is 0 Å². The average molecular weight is 296 g/mol. The molecule has 1 aromatic carbocycles. The van der Waals surface area contributed by atoms with Gasteiger partial charge in [-0.3, -0.25) is 0 Å². The number of hydrogen-bond donors (Lipinski definition) is 1. The van der Waals surface area contributed by atoms with Crippen molar-refractivity contribution in [1.82, 2.24) is 5.32 Å². The van der Waals surface area contributed by atoms with Crippen LogP contribution in [0.5, 0.6) is 5.75 Å². The molecule has 3 unspecified atom stereocenters. The Morgan fingerprint density at radius 3 is 2.80 bits per heavy atom. The second-order valence-electron chi connectivity index (χ2n) is 5.90. The van der Waals surface area contributed by atoms with Crippen molar-refractivity contribution >= 4 is 11.6 Å². The Balaban J connectivity index is 2.25. The van der Waals surface area contributed by atoms with Gasteiger partial charge in [-0.25, -0.2) is 0 Å². The van der Waals surface area contributed by atoms with E-state index in [1.54, 1.807) is 7.11 Å². The molecule has 20 heavy (non-hydrogen) atoms. The van der Waals surface area contributed by atoms with Crippen LogP contribution in [0, 0.1) is 11.8 Å². The summed E-state index contributed by atoms with van der Waals surface area (Å²) in [6.45, 7) is 5.65. The number of ether oxygens (including phenoxy) is 1. The number of halogens is 1. The Bertz CT molecular complexity index is 435. The fourth-order valence-electron chi connectivity index (χ4n) is 3.36. The van der Waals surface area contributed by atoms with Gasteiger partial charge < -0.3 is 10.1 Å². The lowest BCUT2D eigenvalue weighted by atomic mass is 9.85. The van der Waals surface area contributed by atoms with E-state index in [1.165, 1.54) is 24.8 Å². The number of rotatable bonds is 6. The second-order valence-corrected chi connectivity index (χ2v) is 6.31. The van der Waals surface area contributed by atoms with Crippen molar-refractivity contribution < 1.29 is 4.74 Å². The van der Waals surface area contributed by atoms with Crippen LogP contribution in [0.2, 0.25) is 5.02 Å². The monoisotopic (exact) mass is 295 g/mol. The van der Waals surface area contributed by atoms with Crippen LogP contribution in [0.25, 0.3) is 0 Å². The summed E-state index contributed by atoms with van der Waals surface area (Å²) in [6, 6.07) is 6.61. The smallest absolute Gasteiger partial charge is 0.137 e. The van der Waals surface area contributed by atoms with Gasteiger partial charge in [-0.15, -0.1) is 0 Å². The van der Waals surface area contributed by atoms with Crippen molar-refractivity contribution in [2.45, 2.75) is 45.6 Å². The maximum absolute atomic E-state index is 6.15. The molecule has 0 amide bonds. The molecule has 2 rings (SSSR count). The number of methoxy groups -OCH3 is 1. The Morgan fingerprint density at radius 2 is 2.20 bits per heavy atom. The number of hydrogen-bond acceptors (Lipinski definition) is 2. The fourth-order valence-corrected chi connectivity index (χ4v) is 3.55. The lowest BCUT2D eigenvalue weighted by molar-refractivity contribution is 0.301. The van der Waals surface area contributed by atoms with Gasteiger partial charge in [-0.2, -0.15) is 0 Å². The van der Waals surface area contributed by atoms with E-state index >= 15 is 0 Å². The van der Waals surface area contributed by atoms with Crippen molar-refractivity contribution in [3.05, 3.63) is 28.8 Å². The molecular weight excluding hydrogens is 270 g/mol. The van der Waals surface area contributed by atoms with Gasteiger partial charge >= 0.3 is 0 Å². The molecular formula is C17H26ClNO. The molecule has 1 fully saturated rings. The highest BCUT2D eigenvalue weighted by molar-refractivity contribution is 6.32. The summed E-state index contributed by atoms with van der Waals surface area (Å²) in [5, 5.41) is 4.42. The highest BCUT2D eigenvalue weighted by atomic mass is 35.5. The van der Waals surface area contributed by atoms with E-state index in [0.717, 1.165) is 24.6 Å². The van der Waals surface area contributed by atoms with Gasteiger partial charge in [0, 0.05) is 6.04 Å². The Hall–Kier alpha value is -0.730. The predicted molar refractivity (Wildman–Crippen MR) is 85.5 cm³/mol. The molecule has 1 N–H and O–H groups in total. The van der Waals surface area contributed by atoms with Crippen LogP contribution in [0.1, 0.15) is 51.1 Å². The molecule has 112 valence electrons. The molecule has 1 aromatic rings. The third-order valence-corrected chi connectivity index (χ3v) is 4.82. The first-order chi connectivity index (χ1) is 9.67. The molecule has 3 atom stereocenters. The highest BCUT2D eigenvalue weighted by Gasteiger charge is 2.31. The zero-order valence-electron chi connectivity index (χ0n) is 12.8. The van der Waals surface area contributed by atoms with Crippen LogP contribution in [0.15, 0.2) is 18.2 Å². The first-order valence-corrected chi connectivity index (χ1v) is 8.12. The van der Waals surface area contributed by atoms with Crippen molar-refractivity contribution in [1.29, 1.82) is 0 Å². The molecule has 0 saturated heterocycles. The van der Waals surface area contributed by atoms with Crippen LogP contribution in [0.4, 0.5) is 0 Å². The van der Waals surface area contributed by atoms with Gasteiger partial charge in [-0.05, 0) is 48.9 Å². The van der Waals surface area contributed by atoms with Crippen molar-refractivity contribution in [2.24, 2.45) is 11.8 Å². The van der Waals surface area contributed by atoms with Gasteiger partial charge in [0.15, 0.2) is 0 Å². The lowest BCUT2D eigenvalue weighted by Gasteiger charge is -2.29. The molecule has 0 aromatic heterocycles. The number of nitrogens with one attached hydrogen (secondary N) is 1. The highest BCUT2D eigenvalue weighted by Crippen LogP contribution is 2.41. The molecule has 0 radical (unpaired) electrons. The first-order valence-electron chi connectivity index (χ1n) is 7.74. The summed E-state index contributed by atoms with van der Waals surface area (Å²) in [5.74, 6) is 2.27. The largest absolute Gasteiger partial charge is 0.495 e. The predicted octanol–water partition coefficient (Wildman–Crippen LogP) is 4.83. The molecule has 0 spiro atoms. The van der Waals surface area contributed by atoms with Crippen LogP contribution >= 0.6 is 11.6 Å². The summed E-state index contributed by atoms with van der Waals surface area (Å²) in [4.78, 5) is 0. The van der Waals surface area contributed by atoms with Crippen molar-refractivity contribution in [3.8, 4) is 5.75 Å². The van der Waals surface area contributed by atoms with Crippen LogP contribution in [-0.4, -0.2) is 13.7 Å². The van der Waals surface area contributed by atoms with Crippen LogP contribution in [0.3, 0.4) is 0 Å². The SMILES string of the molecule is CCCNC(c1ccc(Cl)c(OC)c1)C1CCCC1C. The maximum Gasteiger partial charge on any atom is 0.137 e. The minimum absolute atomic E-state index is 0.415. The quantitative estimate of drug-likeness (QED) is 0.812. The molecule has 1 aliphatic carbocycles. The molecule has 0 bridgehead atoms. The molecule has 1 aliphatic rings. The van der Waals surface area contributed by atoms with E-state index in [2.05, 4.69) is 31.3 Å². The Kier molecular flexibility index (Phi) is 5.74. The summed E-state index contributed by atoms with van der Waals surface area (Å²) in [6.07, 6.45) is 5.16. The van der Waals surface area contributed by atoms with Gasteiger partial charge in [0.25, 0.3) is 0 Å². The maximum atomic E-state index is 6.15. The zero-order chi connectivity index (χ0) is 14.5. The first kappa shape index (κ1) is 15.7. The summed E-state index contributed by atoms with van der Waals surface area (Å²) in [5.41, 5.74) is 1.30. The van der Waals surface area contributed by atoms with Gasteiger partial charge in [0.2, 0.25) is 0 Å². The van der Waals surface area contributed by atoms with E-state index < -0.39 is 0 Å². The Labute approximate surface area is 127 Å². The fraction of sp³-hybridized carbons (Fsp3) is 0.647. The Morgan fingerprint density at radius 1 is 1.40 bits per heavy atom. The summed E-state index contributed by atoms with van der Waals surface area (Å²) >= 11 is 6.15. The van der Waals surface area contributed by atoms with Gasteiger partial charge in [-0.1, -0.05) is 44.4 Å². The third-order valence-electron chi connectivity index (χ3n) is 4.50. The van der Waals surface area contributed by atoms with Crippen LogP contribution in [-0.2, 0) is 0 Å². The van der Waals surface area contributed by atoms with Gasteiger partial charge in [0.05, 0.1) is 12.1 Å². The van der Waals surface area contributed by atoms with Crippen molar-refractivity contribution in [2.75, 3.05) is 13.7 Å². The van der Waals surface area contributed by atoms with E-state index in [4.69, 9.17) is 16.3 Å². The topological polar surface area (TPSA) is 21.3 Å². The summed E-state index contributed by atoms with van der Waals surface area (Å²) < 4.78 is 5.37. The number of benzene rings is 1. The van der Waals surface area contributed by atoms with Gasteiger partial charge in [0.1, 0.15) is 5.75 Å². The molecule has 2 nitrogen and oxygen atoms in total. The molecule has 3 heteroatoms. The average Bonchev–Trinajstić information content (AvgIpc) is 2.87. The normalized spacial score (nSPS) is 23.8. The molecule has 0 heterocycles. The third kappa shape index (κ3) is 3.48. The second kappa shape index (κ2) is 7.33. The minimum Gasteiger partial charge on any atom is -0.495 e. The van der Waals surface area contributed by atoms with Crippen LogP contribution < -0.4 is 10.1 Å². The lowest BCUT2D eigenvalue weighted by Crippen LogP contribution is -2.30. The van der Waals surface area contributed by atoms with Crippen molar-refractivity contribution in [3.63, 3.8) is 0 Å². The molecule has 0 aliphatic heterocycles. The van der Waals surface area contributed by atoms with E-state index in [1.807, 2.05) is 6.07 Å². The van der Waals surface area contributed by atoms with E-state index in [0.29, 0.717) is 17.0 Å². The minimum atomic E-state index is 0.415. The molecule has 1 saturated carbocycles. The standard InChI is InChI=1S/C17H26ClNO/c1-4-10-19-17(14-7-5-6-12(14)2)13-8-9-15(18)16(11-13)20-3/h8-9,11-12,14,17,19H,4-7,10H2,1-3H3. The summed E-state index contributed by atoms with van der Waals surface area (Å²) in [7, 11) is 1.68. The van der Waals surface area contributed by atoms with E-state index in [-0.39, 0.29) is 0 Å². The zero-order valence-corrected chi connectivity index (χ0v) is 13.5.